The number of hydrogen-bond donors (Lipinski definition) is 0. The van der Waals surface area contributed by atoms with E-state index in [4.69, 9.17) is 21.1 Å². The van der Waals surface area contributed by atoms with Crippen LogP contribution in [-0.4, -0.2) is 11.3 Å². The smallest absolute Gasteiger partial charge is 0.416 e. The number of carbonyl (C=O) groups excluding carboxylic acids is 1. The molecule has 0 aliphatic rings. The molecule has 122 valence electrons. The van der Waals surface area contributed by atoms with Gasteiger partial charge in [-0.25, -0.2) is 0 Å². The number of benzene rings is 2. The quantitative estimate of drug-likeness (QED) is 0.714. The van der Waals surface area contributed by atoms with Gasteiger partial charge in [-0.15, -0.1) is 0 Å². The van der Waals surface area contributed by atoms with Crippen LogP contribution in [0.25, 0.3) is 0 Å². The fraction of sp³-hybridized carbons (Fsp3) is 0.188. The van der Waals surface area contributed by atoms with Crippen molar-refractivity contribution in [3.05, 3.63) is 54.1 Å². The van der Waals surface area contributed by atoms with Crippen LogP contribution in [0, 0.1) is 0 Å². The highest BCUT2D eigenvalue weighted by Crippen LogP contribution is 2.31. The minimum Gasteiger partial charge on any atom is -0.482 e. The van der Waals surface area contributed by atoms with Crippen molar-refractivity contribution >= 4 is 16.8 Å². The molecule has 0 saturated carbocycles. The van der Waals surface area contributed by atoms with Gasteiger partial charge >= 0.3 is 6.18 Å². The van der Waals surface area contributed by atoms with E-state index in [9.17, 15) is 18.0 Å². The van der Waals surface area contributed by atoms with Gasteiger partial charge in [0.1, 0.15) is 17.2 Å². The van der Waals surface area contributed by atoms with Crippen molar-refractivity contribution in [2.75, 3.05) is 0 Å². The summed E-state index contributed by atoms with van der Waals surface area (Å²) in [7, 11) is 0. The molecule has 0 aromatic heterocycles. The van der Waals surface area contributed by atoms with E-state index in [1.807, 2.05) is 0 Å². The third kappa shape index (κ3) is 4.89. The molecule has 1 atom stereocenters. The van der Waals surface area contributed by atoms with Gasteiger partial charge in [0.2, 0.25) is 0 Å². The summed E-state index contributed by atoms with van der Waals surface area (Å²) >= 11 is 5.29. The highest BCUT2D eigenvalue weighted by Gasteiger charge is 2.30. The summed E-state index contributed by atoms with van der Waals surface area (Å²) in [5.41, 5.74) is -0.742. The number of rotatable bonds is 5. The van der Waals surface area contributed by atoms with Crippen molar-refractivity contribution in [2.24, 2.45) is 0 Å². The van der Waals surface area contributed by atoms with E-state index in [1.165, 1.54) is 19.1 Å². The maximum Gasteiger partial charge on any atom is 0.416 e. The number of alkyl halides is 3. The standard InChI is InChI=1S/C16H12ClF3O3/c1-10(15(17)21)22-12-6-8-14(9-7-12)23-13-4-2-11(3-5-13)16(18,19)20/h2-10H,1H3/t10-/m1/s1. The molecule has 0 radical (unpaired) electrons. The largest absolute Gasteiger partial charge is 0.482 e. The van der Waals surface area contributed by atoms with Gasteiger partial charge in [-0.3, -0.25) is 4.79 Å². The summed E-state index contributed by atoms with van der Waals surface area (Å²) in [4.78, 5) is 10.9. The fourth-order valence-electron chi connectivity index (χ4n) is 1.68. The number of hydrogen-bond acceptors (Lipinski definition) is 3. The first-order valence-corrected chi connectivity index (χ1v) is 6.94. The predicted octanol–water partition coefficient (Wildman–Crippen LogP) is 5.03. The molecule has 0 bridgehead atoms. The van der Waals surface area contributed by atoms with Crippen LogP contribution >= 0.6 is 11.6 Å². The Hall–Kier alpha value is -2.21. The molecular formula is C16H12ClF3O3. The Kier molecular flexibility index (Phi) is 5.15. The van der Waals surface area contributed by atoms with Gasteiger partial charge in [-0.1, -0.05) is 0 Å². The van der Waals surface area contributed by atoms with E-state index >= 15 is 0 Å². The molecule has 2 aromatic carbocycles. The molecule has 2 rings (SSSR count). The van der Waals surface area contributed by atoms with Gasteiger partial charge in [-0.05, 0) is 67.1 Å². The lowest BCUT2D eigenvalue weighted by Crippen LogP contribution is -2.18. The van der Waals surface area contributed by atoms with Crippen molar-refractivity contribution < 1.29 is 27.4 Å². The van der Waals surface area contributed by atoms with Crippen LogP contribution in [0.1, 0.15) is 12.5 Å². The van der Waals surface area contributed by atoms with Gasteiger partial charge in [0.05, 0.1) is 5.56 Å². The summed E-state index contributed by atoms with van der Waals surface area (Å²) in [6.07, 6.45) is -5.16. The van der Waals surface area contributed by atoms with Crippen LogP contribution in [0.4, 0.5) is 13.2 Å². The first-order chi connectivity index (χ1) is 10.8. The monoisotopic (exact) mass is 344 g/mol. The Labute approximate surface area is 135 Å². The summed E-state index contributed by atoms with van der Waals surface area (Å²) in [6, 6.07) is 10.6. The zero-order valence-corrected chi connectivity index (χ0v) is 12.7. The average molecular weight is 345 g/mol. The highest BCUT2D eigenvalue weighted by atomic mass is 35.5. The SMILES string of the molecule is C[C@@H](Oc1ccc(Oc2ccc(C(F)(F)F)cc2)cc1)C(=O)Cl. The van der Waals surface area contributed by atoms with Crippen LogP contribution in [-0.2, 0) is 11.0 Å². The Morgan fingerprint density at radius 3 is 1.83 bits per heavy atom. The van der Waals surface area contributed by atoms with E-state index in [0.717, 1.165) is 12.1 Å². The topological polar surface area (TPSA) is 35.5 Å². The molecule has 0 saturated heterocycles. The van der Waals surface area contributed by atoms with Crippen molar-refractivity contribution in [1.82, 2.24) is 0 Å². The first-order valence-electron chi connectivity index (χ1n) is 6.57. The second-order valence-corrected chi connectivity index (χ2v) is 5.03. The summed E-state index contributed by atoms with van der Waals surface area (Å²) in [5.74, 6) is 1.12. The van der Waals surface area contributed by atoms with Gasteiger partial charge < -0.3 is 9.47 Å². The van der Waals surface area contributed by atoms with Crippen molar-refractivity contribution in [1.29, 1.82) is 0 Å². The zero-order valence-electron chi connectivity index (χ0n) is 11.9. The van der Waals surface area contributed by atoms with Gasteiger partial charge in [0, 0.05) is 0 Å². The Morgan fingerprint density at radius 1 is 0.957 bits per heavy atom. The normalized spacial score (nSPS) is 12.6. The second kappa shape index (κ2) is 6.91. The molecule has 0 heterocycles. The first kappa shape index (κ1) is 17.1. The molecule has 23 heavy (non-hydrogen) atoms. The molecule has 2 aromatic rings. The molecule has 7 heteroatoms. The molecule has 0 aliphatic carbocycles. The van der Waals surface area contributed by atoms with Crippen molar-refractivity contribution in [3.8, 4) is 17.2 Å². The fourth-order valence-corrected chi connectivity index (χ4v) is 1.73. The van der Waals surface area contributed by atoms with E-state index < -0.39 is 23.1 Å². The molecule has 0 aliphatic heterocycles. The van der Waals surface area contributed by atoms with E-state index in [1.54, 1.807) is 24.3 Å². The van der Waals surface area contributed by atoms with E-state index in [0.29, 0.717) is 11.5 Å². The van der Waals surface area contributed by atoms with Gasteiger partial charge in [0.15, 0.2) is 6.10 Å². The van der Waals surface area contributed by atoms with Crippen LogP contribution in [0.5, 0.6) is 17.2 Å². The molecular weight excluding hydrogens is 333 g/mol. The number of carbonyl (C=O) groups is 1. The van der Waals surface area contributed by atoms with Crippen molar-refractivity contribution in [3.63, 3.8) is 0 Å². The third-order valence-corrected chi connectivity index (χ3v) is 3.18. The zero-order chi connectivity index (χ0) is 17.0. The Bertz CT molecular complexity index is 666. The van der Waals surface area contributed by atoms with Crippen LogP contribution in [0.15, 0.2) is 48.5 Å². The Morgan fingerprint density at radius 2 is 1.39 bits per heavy atom. The van der Waals surface area contributed by atoms with Crippen molar-refractivity contribution in [2.45, 2.75) is 19.2 Å². The third-order valence-electron chi connectivity index (χ3n) is 2.87. The highest BCUT2D eigenvalue weighted by molar-refractivity contribution is 6.64. The number of halogens is 4. The molecule has 0 fully saturated rings. The molecule has 3 nitrogen and oxygen atoms in total. The lowest BCUT2D eigenvalue weighted by Gasteiger charge is -2.12. The summed E-state index contributed by atoms with van der Waals surface area (Å²) in [6.45, 7) is 1.52. The maximum atomic E-state index is 12.5. The lowest BCUT2D eigenvalue weighted by molar-refractivity contribution is -0.137. The average Bonchev–Trinajstić information content (AvgIpc) is 2.49. The van der Waals surface area contributed by atoms with Crippen LogP contribution in [0.3, 0.4) is 0 Å². The summed E-state index contributed by atoms with van der Waals surface area (Å²) in [5, 5.41) is -0.616. The van der Waals surface area contributed by atoms with E-state index in [-0.39, 0.29) is 5.75 Å². The molecule has 0 unspecified atom stereocenters. The van der Waals surface area contributed by atoms with Gasteiger partial charge in [0.25, 0.3) is 5.24 Å². The van der Waals surface area contributed by atoms with Gasteiger partial charge in [-0.2, -0.15) is 13.2 Å². The maximum absolute atomic E-state index is 12.5. The van der Waals surface area contributed by atoms with E-state index in [2.05, 4.69) is 0 Å². The number of ether oxygens (including phenoxy) is 2. The Balaban J connectivity index is 2.02. The molecule has 0 N–H and O–H groups in total. The second-order valence-electron chi connectivity index (χ2n) is 4.66. The van der Waals surface area contributed by atoms with Crippen LogP contribution < -0.4 is 9.47 Å². The van der Waals surface area contributed by atoms with Crippen LogP contribution in [0.2, 0.25) is 0 Å². The summed E-state index contributed by atoms with van der Waals surface area (Å²) < 4.78 is 48.1. The molecule has 0 spiro atoms. The minimum atomic E-state index is -4.38. The lowest BCUT2D eigenvalue weighted by atomic mass is 10.2. The molecule has 0 amide bonds. The minimum absolute atomic E-state index is 0.274. The predicted molar refractivity (Wildman–Crippen MR) is 78.9 cm³/mol.